The Balaban J connectivity index is 1.53. The van der Waals surface area contributed by atoms with E-state index in [-0.39, 0.29) is 24.8 Å². The molecule has 1 aromatic heterocycles. The van der Waals surface area contributed by atoms with Crippen molar-refractivity contribution in [1.29, 1.82) is 0 Å². The van der Waals surface area contributed by atoms with Crippen LogP contribution in [-0.4, -0.2) is 26.5 Å². The summed E-state index contributed by atoms with van der Waals surface area (Å²) in [4.78, 5) is 34.1. The Hall–Kier alpha value is -4.08. The average Bonchev–Trinajstić information content (AvgIpc) is 3.16. The molecule has 0 bridgehead atoms. The second-order valence-electron chi connectivity index (χ2n) is 6.03. The quantitative estimate of drug-likeness (QED) is 0.469. The molecule has 0 unspecified atom stereocenters. The summed E-state index contributed by atoms with van der Waals surface area (Å²) in [7, 11) is 0. The lowest BCUT2D eigenvalue weighted by Crippen LogP contribution is -2.23. The number of amides is 2. The van der Waals surface area contributed by atoms with Crippen molar-refractivity contribution >= 4 is 23.3 Å². The van der Waals surface area contributed by atoms with Gasteiger partial charge in [-0.2, -0.15) is 4.68 Å². The zero-order chi connectivity index (χ0) is 20.8. The Bertz CT molecular complexity index is 1050. The average molecular weight is 397 g/mol. The van der Waals surface area contributed by atoms with Crippen molar-refractivity contribution in [2.45, 2.75) is 13.1 Å². The zero-order valence-corrected chi connectivity index (χ0v) is 15.0. The first-order valence-corrected chi connectivity index (χ1v) is 8.52. The Labute approximate surface area is 164 Å². The van der Waals surface area contributed by atoms with Crippen LogP contribution in [0.4, 0.5) is 15.9 Å². The van der Waals surface area contributed by atoms with E-state index in [0.29, 0.717) is 16.8 Å². The molecule has 0 saturated heterocycles. The highest BCUT2D eigenvalue weighted by molar-refractivity contribution is 5.95. The molecule has 1 heterocycles. The van der Waals surface area contributed by atoms with Crippen LogP contribution in [0.3, 0.4) is 0 Å². The molecule has 3 rings (SSSR count). The summed E-state index contributed by atoms with van der Waals surface area (Å²) in [5.41, 5.74) is 1.17. The van der Waals surface area contributed by atoms with E-state index in [9.17, 15) is 24.1 Å². The minimum absolute atomic E-state index is 0.0556. The van der Waals surface area contributed by atoms with Gasteiger partial charge in [0.05, 0.1) is 17.4 Å². The number of nitrogens with zero attached hydrogens (tertiary/aromatic N) is 3. The molecule has 2 aromatic carbocycles. The molecule has 10 heteroatoms. The Morgan fingerprint density at radius 1 is 1.10 bits per heavy atom. The minimum atomic E-state index is -0.648. The van der Waals surface area contributed by atoms with Gasteiger partial charge in [-0.1, -0.05) is 18.2 Å². The highest BCUT2D eigenvalue weighted by Gasteiger charge is 2.14. The van der Waals surface area contributed by atoms with Gasteiger partial charge in [0.15, 0.2) is 0 Å². The summed E-state index contributed by atoms with van der Waals surface area (Å²) in [5, 5.41) is 19.5. The number of nitro groups is 1. The lowest BCUT2D eigenvalue weighted by Gasteiger charge is -2.08. The first-order valence-electron chi connectivity index (χ1n) is 8.52. The molecule has 0 spiro atoms. The SMILES string of the molecule is O=C(Cn1ccc([N+](=O)[O-])n1)Nc1ccc(C(=O)NCc2ccccc2F)cc1. The third-order valence-electron chi connectivity index (χ3n) is 3.95. The Morgan fingerprint density at radius 3 is 2.48 bits per heavy atom. The van der Waals surface area contributed by atoms with Crippen molar-refractivity contribution in [3.63, 3.8) is 0 Å². The number of carbonyl (C=O) groups is 2. The summed E-state index contributed by atoms with van der Waals surface area (Å²) in [6.07, 6.45) is 1.33. The fourth-order valence-electron chi connectivity index (χ4n) is 2.51. The number of rotatable bonds is 7. The number of carbonyl (C=O) groups excluding carboxylic acids is 2. The van der Waals surface area contributed by atoms with Crippen LogP contribution in [0, 0.1) is 15.9 Å². The topological polar surface area (TPSA) is 119 Å². The van der Waals surface area contributed by atoms with Crippen LogP contribution in [0.25, 0.3) is 0 Å². The fourth-order valence-corrected chi connectivity index (χ4v) is 2.51. The molecule has 0 aliphatic rings. The number of aromatic nitrogens is 2. The van der Waals surface area contributed by atoms with Crippen molar-refractivity contribution < 1.29 is 18.9 Å². The molecule has 0 fully saturated rings. The van der Waals surface area contributed by atoms with Crippen LogP contribution in [0.1, 0.15) is 15.9 Å². The third kappa shape index (κ3) is 5.22. The Morgan fingerprint density at radius 2 is 1.83 bits per heavy atom. The van der Waals surface area contributed by atoms with Gasteiger partial charge in [0, 0.05) is 23.4 Å². The predicted molar refractivity (Wildman–Crippen MR) is 102 cm³/mol. The van der Waals surface area contributed by atoms with E-state index < -0.39 is 16.6 Å². The van der Waals surface area contributed by atoms with Gasteiger partial charge in [-0.05, 0) is 35.3 Å². The van der Waals surface area contributed by atoms with E-state index in [1.165, 1.54) is 30.5 Å². The van der Waals surface area contributed by atoms with Crippen molar-refractivity contribution in [3.8, 4) is 0 Å². The van der Waals surface area contributed by atoms with Gasteiger partial charge in [0.1, 0.15) is 12.4 Å². The predicted octanol–water partition coefficient (Wildman–Crippen LogP) is 2.50. The normalized spacial score (nSPS) is 10.4. The maximum Gasteiger partial charge on any atom is 0.389 e. The largest absolute Gasteiger partial charge is 0.389 e. The summed E-state index contributed by atoms with van der Waals surface area (Å²) in [6, 6.07) is 13.5. The molecule has 0 saturated carbocycles. The van der Waals surface area contributed by atoms with Crippen LogP contribution >= 0.6 is 0 Å². The molecule has 0 atom stereocenters. The highest BCUT2D eigenvalue weighted by atomic mass is 19.1. The number of hydrogen-bond acceptors (Lipinski definition) is 5. The Kier molecular flexibility index (Phi) is 5.93. The van der Waals surface area contributed by atoms with Gasteiger partial charge >= 0.3 is 5.82 Å². The first kappa shape index (κ1) is 19.7. The first-order chi connectivity index (χ1) is 13.9. The number of benzene rings is 2. The van der Waals surface area contributed by atoms with E-state index in [1.54, 1.807) is 30.3 Å². The van der Waals surface area contributed by atoms with Crippen molar-refractivity contribution in [2.24, 2.45) is 0 Å². The van der Waals surface area contributed by atoms with Gasteiger partial charge in [-0.25, -0.2) is 4.39 Å². The minimum Gasteiger partial charge on any atom is -0.358 e. The summed E-state index contributed by atoms with van der Waals surface area (Å²) in [6.45, 7) is -0.140. The maximum atomic E-state index is 13.6. The molecule has 148 valence electrons. The van der Waals surface area contributed by atoms with Crippen molar-refractivity contribution in [3.05, 3.63) is 87.9 Å². The summed E-state index contributed by atoms with van der Waals surface area (Å²) < 4.78 is 14.7. The maximum absolute atomic E-state index is 13.6. The smallest absolute Gasteiger partial charge is 0.358 e. The fraction of sp³-hybridized carbons (Fsp3) is 0.105. The van der Waals surface area contributed by atoms with E-state index in [0.717, 1.165) is 4.68 Å². The van der Waals surface area contributed by atoms with E-state index in [2.05, 4.69) is 15.7 Å². The molecule has 3 aromatic rings. The second kappa shape index (κ2) is 8.74. The third-order valence-corrected chi connectivity index (χ3v) is 3.95. The molecular weight excluding hydrogens is 381 g/mol. The van der Waals surface area contributed by atoms with Gasteiger partial charge in [0.25, 0.3) is 5.91 Å². The van der Waals surface area contributed by atoms with E-state index in [4.69, 9.17) is 0 Å². The second-order valence-corrected chi connectivity index (χ2v) is 6.03. The van der Waals surface area contributed by atoms with Gasteiger partial charge in [-0.15, -0.1) is 0 Å². The van der Waals surface area contributed by atoms with Crippen molar-refractivity contribution in [1.82, 2.24) is 15.1 Å². The summed E-state index contributed by atoms with van der Waals surface area (Å²) >= 11 is 0. The molecule has 2 N–H and O–H groups in total. The monoisotopic (exact) mass is 397 g/mol. The molecular formula is C19H16FN5O4. The summed E-state index contributed by atoms with van der Waals surface area (Å²) in [5.74, 6) is -1.55. The van der Waals surface area contributed by atoms with Gasteiger partial charge < -0.3 is 20.7 Å². The van der Waals surface area contributed by atoms with Crippen molar-refractivity contribution in [2.75, 3.05) is 5.32 Å². The molecule has 29 heavy (non-hydrogen) atoms. The lowest BCUT2D eigenvalue weighted by molar-refractivity contribution is -0.389. The van der Waals surface area contributed by atoms with Crippen LogP contribution in [0.15, 0.2) is 60.8 Å². The highest BCUT2D eigenvalue weighted by Crippen LogP contribution is 2.11. The standard InChI is InChI=1S/C19H16FN5O4/c20-16-4-2-1-3-14(16)11-21-19(27)13-5-7-15(8-6-13)22-18(26)12-24-10-9-17(23-24)25(28)29/h1-10H,11-12H2,(H,21,27)(H,22,26). The molecule has 0 radical (unpaired) electrons. The van der Waals surface area contributed by atoms with Crippen LogP contribution < -0.4 is 10.6 Å². The number of hydrogen-bond donors (Lipinski definition) is 2. The van der Waals surface area contributed by atoms with Crippen LogP contribution in [0.5, 0.6) is 0 Å². The molecule has 0 aliphatic heterocycles. The molecule has 0 aliphatic carbocycles. The lowest BCUT2D eigenvalue weighted by atomic mass is 10.1. The number of nitrogens with one attached hydrogen (secondary N) is 2. The number of anilines is 1. The van der Waals surface area contributed by atoms with Crippen LogP contribution in [0.2, 0.25) is 0 Å². The molecule has 9 nitrogen and oxygen atoms in total. The molecule has 2 amide bonds. The van der Waals surface area contributed by atoms with E-state index >= 15 is 0 Å². The van der Waals surface area contributed by atoms with E-state index in [1.807, 2.05) is 0 Å². The number of halogens is 1. The van der Waals surface area contributed by atoms with Gasteiger partial charge in [-0.3, -0.25) is 9.59 Å². The van der Waals surface area contributed by atoms with Gasteiger partial charge in [0.2, 0.25) is 5.91 Å². The van der Waals surface area contributed by atoms with Crippen LogP contribution in [-0.2, 0) is 17.9 Å². The zero-order valence-electron chi connectivity index (χ0n) is 15.0.